The largest absolute Gasteiger partial charge is 0.486 e. The van der Waals surface area contributed by atoms with Crippen molar-refractivity contribution in [2.24, 2.45) is 0 Å². The Labute approximate surface area is 230 Å². The lowest BCUT2D eigenvalue weighted by molar-refractivity contribution is -0.135. The Hall–Kier alpha value is -2.61. The molecule has 36 heavy (non-hydrogen) atoms. The van der Waals surface area contributed by atoms with Crippen molar-refractivity contribution in [1.82, 2.24) is 9.80 Å². The molecule has 0 aromatic heterocycles. The Morgan fingerprint density at radius 3 is 2.42 bits per heavy atom. The van der Waals surface area contributed by atoms with Crippen LogP contribution in [0, 0.1) is 11.3 Å². The standard InChI is InChI=1S/C26H23Br2N3O4S/c27-20-11-17(12-21(28)24(20)35-16-19-8-4-3-7-18(19)14-29)13-22-25(33)31(26(34)36-22)15-23(32)30-9-5-1-2-6-10-30/h3-4,7-8,11-13H,1-2,5-6,9-10,15-16H2. The van der Waals surface area contributed by atoms with E-state index in [0.29, 0.717) is 38.9 Å². The highest BCUT2D eigenvalue weighted by molar-refractivity contribution is 9.11. The number of hydrogen-bond acceptors (Lipinski definition) is 6. The first kappa shape index (κ1) is 26.5. The van der Waals surface area contributed by atoms with Crippen molar-refractivity contribution < 1.29 is 19.1 Å². The topological polar surface area (TPSA) is 90.7 Å². The Morgan fingerprint density at radius 2 is 1.75 bits per heavy atom. The van der Waals surface area contributed by atoms with Crippen molar-refractivity contribution in [3.63, 3.8) is 0 Å². The zero-order valence-electron chi connectivity index (χ0n) is 19.3. The molecule has 10 heteroatoms. The van der Waals surface area contributed by atoms with Crippen molar-refractivity contribution in [2.75, 3.05) is 19.6 Å². The number of likely N-dealkylation sites (tertiary alicyclic amines) is 1. The van der Waals surface area contributed by atoms with Crippen LogP contribution in [0.2, 0.25) is 0 Å². The number of amides is 3. The van der Waals surface area contributed by atoms with E-state index in [1.165, 1.54) is 0 Å². The summed E-state index contributed by atoms with van der Waals surface area (Å²) in [4.78, 5) is 41.2. The molecule has 2 aromatic carbocycles. The van der Waals surface area contributed by atoms with Gasteiger partial charge in [0.15, 0.2) is 0 Å². The fraction of sp³-hybridized carbons (Fsp3) is 0.308. The predicted molar refractivity (Wildman–Crippen MR) is 145 cm³/mol. The molecule has 186 valence electrons. The van der Waals surface area contributed by atoms with E-state index in [1.807, 2.05) is 12.1 Å². The van der Waals surface area contributed by atoms with E-state index in [9.17, 15) is 19.6 Å². The van der Waals surface area contributed by atoms with Crippen molar-refractivity contribution in [1.29, 1.82) is 5.26 Å². The number of nitriles is 1. The molecule has 0 unspecified atom stereocenters. The van der Waals surface area contributed by atoms with Crippen LogP contribution in [0.5, 0.6) is 5.75 Å². The van der Waals surface area contributed by atoms with Crippen molar-refractivity contribution in [3.8, 4) is 11.8 Å². The van der Waals surface area contributed by atoms with Gasteiger partial charge in [-0.2, -0.15) is 5.26 Å². The summed E-state index contributed by atoms with van der Waals surface area (Å²) >= 11 is 7.85. The van der Waals surface area contributed by atoms with Crippen LogP contribution in [0.25, 0.3) is 6.08 Å². The quantitative estimate of drug-likeness (QED) is 0.358. The van der Waals surface area contributed by atoms with Gasteiger partial charge in [-0.05, 0) is 86.3 Å². The summed E-state index contributed by atoms with van der Waals surface area (Å²) < 4.78 is 7.24. The third-order valence-corrected chi connectivity index (χ3v) is 8.04. The summed E-state index contributed by atoms with van der Waals surface area (Å²) in [5, 5.41) is 8.83. The van der Waals surface area contributed by atoms with Crippen LogP contribution in [0.3, 0.4) is 0 Å². The molecule has 2 saturated heterocycles. The zero-order chi connectivity index (χ0) is 25.7. The van der Waals surface area contributed by atoms with Gasteiger partial charge in [-0.15, -0.1) is 0 Å². The summed E-state index contributed by atoms with van der Waals surface area (Å²) in [5.41, 5.74) is 2.00. The fourth-order valence-electron chi connectivity index (χ4n) is 4.05. The number of nitrogens with zero attached hydrogens (tertiary/aromatic N) is 3. The molecule has 2 aliphatic rings. The fourth-order valence-corrected chi connectivity index (χ4v) is 6.34. The number of ether oxygens (including phenoxy) is 1. The summed E-state index contributed by atoms with van der Waals surface area (Å²) in [6, 6.07) is 12.9. The lowest BCUT2D eigenvalue weighted by atomic mass is 10.1. The third kappa shape index (κ3) is 6.20. The molecule has 2 aromatic rings. The molecule has 0 bridgehead atoms. The molecule has 2 heterocycles. The molecular weight excluding hydrogens is 610 g/mol. The molecule has 0 N–H and O–H groups in total. The van der Waals surface area contributed by atoms with Crippen LogP contribution < -0.4 is 4.74 Å². The van der Waals surface area contributed by atoms with Crippen LogP contribution in [-0.2, 0) is 16.2 Å². The summed E-state index contributed by atoms with van der Waals surface area (Å²) in [7, 11) is 0. The second kappa shape index (κ2) is 12.1. The van der Waals surface area contributed by atoms with E-state index in [2.05, 4.69) is 37.9 Å². The third-order valence-electron chi connectivity index (χ3n) is 5.95. The van der Waals surface area contributed by atoms with Gasteiger partial charge >= 0.3 is 0 Å². The van der Waals surface area contributed by atoms with Gasteiger partial charge in [0.25, 0.3) is 11.1 Å². The number of halogens is 2. The van der Waals surface area contributed by atoms with E-state index in [1.54, 1.807) is 35.2 Å². The maximum Gasteiger partial charge on any atom is 0.294 e. The highest BCUT2D eigenvalue weighted by Gasteiger charge is 2.37. The molecule has 0 aliphatic carbocycles. The van der Waals surface area contributed by atoms with Crippen LogP contribution in [0.4, 0.5) is 4.79 Å². The number of carbonyl (C=O) groups excluding carboxylic acids is 3. The van der Waals surface area contributed by atoms with Gasteiger partial charge < -0.3 is 9.64 Å². The monoisotopic (exact) mass is 631 g/mol. The Morgan fingerprint density at radius 1 is 1.08 bits per heavy atom. The van der Waals surface area contributed by atoms with E-state index in [-0.39, 0.29) is 24.0 Å². The molecule has 4 rings (SSSR count). The average Bonchev–Trinajstić information content (AvgIpc) is 3.04. The van der Waals surface area contributed by atoms with Gasteiger partial charge in [0.05, 0.1) is 25.5 Å². The van der Waals surface area contributed by atoms with Gasteiger partial charge in [0, 0.05) is 18.7 Å². The number of imide groups is 1. The van der Waals surface area contributed by atoms with Crippen LogP contribution in [0.15, 0.2) is 50.2 Å². The van der Waals surface area contributed by atoms with Gasteiger partial charge in [0.2, 0.25) is 5.91 Å². The van der Waals surface area contributed by atoms with Gasteiger partial charge in [-0.25, -0.2) is 0 Å². The minimum absolute atomic E-state index is 0.189. The lowest BCUT2D eigenvalue weighted by Gasteiger charge is -2.22. The first-order valence-electron chi connectivity index (χ1n) is 11.5. The SMILES string of the molecule is N#Cc1ccccc1COc1c(Br)cc(C=C2SC(=O)N(CC(=O)N3CCCCCC3)C2=O)cc1Br. The summed E-state index contributed by atoms with van der Waals surface area (Å²) in [5.74, 6) is -0.102. The summed E-state index contributed by atoms with van der Waals surface area (Å²) in [6.07, 6.45) is 5.71. The van der Waals surface area contributed by atoms with Crippen molar-refractivity contribution in [2.45, 2.75) is 32.3 Å². The first-order valence-corrected chi connectivity index (χ1v) is 13.9. The maximum absolute atomic E-state index is 12.9. The molecule has 2 aliphatic heterocycles. The van der Waals surface area contributed by atoms with Crippen LogP contribution in [-0.4, -0.2) is 46.5 Å². The van der Waals surface area contributed by atoms with Gasteiger partial charge in [0.1, 0.15) is 18.9 Å². The Kier molecular flexibility index (Phi) is 8.88. The molecule has 3 amide bonds. The van der Waals surface area contributed by atoms with Crippen LogP contribution >= 0.6 is 43.6 Å². The Bertz CT molecular complexity index is 1240. The number of thioether (sulfide) groups is 1. The summed E-state index contributed by atoms with van der Waals surface area (Å²) in [6.45, 7) is 1.32. The second-order valence-corrected chi connectivity index (χ2v) is 11.1. The first-order chi connectivity index (χ1) is 17.4. The number of carbonyl (C=O) groups is 3. The van der Waals surface area contributed by atoms with E-state index < -0.39 is 11.1 Å². The van der Waals surface area contributed by atoms with Crippen molar-refractivity contribution in [3.05, 3.63) is 66.9 Å². The predicted octanol–water partition coefficient (Wildman–Crippen LogP) is 6.10. The molecule has 0 atom stereocenters. The number of hydrogen-bond donors (Lipinski definition) is 0. The molecular formula is C26H23Br2N3O4S. The van der Waals surface area contributed by atoms with E-state index in [4.69, 9.17) is 4.74 Å². The number of benzene rings is 2. The lowest BCUT2D eigenvalue weighted by Crippen LogP contribution is -2.42. The molecule has 0 saturated carbocycles. The minimum atomic E-state index is -0.464. The van der Waals surface area contributed by atoms with Gasteiger partial charge in [-0.1, -0.05) is 31.0 Å². The highest BCUT2D eigenvalue weighted by Crippen LogP contribution is 2.38. The molecule has 0 radical (unpaired) electrons. The molecule has 7 nitrogen and oxygen atoms in total. The Balaban J connectivity index is 1.45. The normalized spacial score (nSPS) is 17.3. The van der Waals surface area contributed by atoms with Crippen molar-refractivity contribution >= 4 is 66.8 Å². The molecule has 0 spiro atoms. The van der Waals surface area contributed by atoms with E-state index >= 15 is 0 Å². The average molecular weight is 633 g/mol. The smallest absolute Gasteiger partial charge is 0.294 e. The highest BCUT2D eigenvalue weighted by atomic mass is 79.9. The zero-order valence-corrected chi connectivity index (χ0v) is 23.3. The minimum Gasteiger partial charge on any atom is -0.486 e. The van der Waals surface area contributed by atoms with Crippen LogP contribution in [0.1, 0.15) is 42.4 Å². The van der Waals surface area contributed by atoms with E-state index in [0.717, 1.165) is 47.9 Å². The number of rotatable bonds is 6. The molecule has 2 fully saturated rings. The van der Waals surface area contributed by atoms with Gasteiger partial charge in [-0.3, -0.25) is 19.3 Å². The maximum atomic E-state index is 12.9. The second-order valence-electron chi connectivity index (χ2n) is 8.43.